The van der Waals surface area contributed by atoms with Crippen molar-refractivity contribution in [3.8, 4) is 56.6 Å². The van der Waals surface area contributed by atoms with Gasteiger partial charge in [-0.2, -0.15) is 0 Å². The average molecular weight is 1360 g/mol. The Morgan fingerprint density at radius 1 is 0.170 bits per heavy atom. The molecule has 0 amide bonds. The van der Waals surface area contributed by atoms with Crippen LogP contribution >= 0.6 is 0 Å². The fourth-order valence-electron chi connectivity index (χ4n) is 16.6. The molecule has 0 bridgehead atoms. The molecule has 0 fully saturated rings. The van der Waals surface area contributed by atoms with Gasteiger partial charge in [0.2, 0.25) is 0 Å². The van der Waals surface area contributed by atoms with Crippen molar-refractivity contribution < 1.29 is 0 Å². The van der Waals surface area contributed by atoms with Crippen LogP contribution in [0.25, 0.3) is 187 Å². The summed E-state index contributed by atoms with van der Waals surface area (Å²) in [5.74, 6) is 1.57. The molecule has 0 atom stereocenters. The Bertz CT molecular complexity index is 7490. The zero-order chi connectivity index (χ0) is 70.1. The molecule has 0 spiro atoms. The van der Waals surface area contributed by atoms with Crippen LogP contribution in [0.4, 0.5) is 0 Å². The van der Waals surface area contributed by atoms with E-state index in [0.717, 1.165) is 122 Å². The first-order chi connectivity index (χ1) is 52.5. The van der Waals surface area contributed by atoms with Gasteiger partial charge in [0.1, 0.15) is 11.6 Å². The summed E-state index contributed by atoms with van der Waals surface area (Å²) >= 11 is 0. The van der Waals surface area contributed by atoms with E-state index >= 15 is 0 Å². The molecule has 106 heavy (non-hydrogen) atoms. The highest BCUT2D eigenvalue weighted by atomic mass is 16.1. The molecule has 10 nitrogen and oxygen atoms in total. The standard InChI is InChI=1S/2C48H30N4O/c53-48-38-25-28-46(49-47(38)37-19-9-12-22-43(37)51(48)34-15-5-2-6-16-34)52-42-21-11-8-18-36(42)40-30-32(24-27-45(40)52)31-23-26-44-39(29-31)35-17-7-10-20-41(35)50(44)33-13-3-1-4-14-33;53-48-38-20-8-7-19-37(38)47-45(51(48)34-15-5-2-6-16-34)27-28-46(49-47)52-42-22-12-10-18-36(42)40-30-32(24-26-44(40)52)31-23-25-43-39(29-31)35-17-9-11-21-41(35)50(43)33-13-3-1-4-14-33/h2*1-30H. The number of benzene rings is 14. The Morgan fingerprint density at radius 3 is 0.840 bits per heavy atom. The molecule has 22 rings (SSSR count). The van der Waals surface area contributed by atoms with Crippen molar-refractivity contribution in [3.05, 3.63) is 385 Å². The van der Waals surface area contributed by atoms with E-state index in [1.54, 1.807) is 9.13 Å². The Morgan fingerprint density at radius 2 is 0.434 bits per heavy atom. The van der Waals surface area contributed by atoms with Gasteiger partial charge in [-0.05, 0) is 180 Å². The van der Waals surface area contributed by atoms with Gasteiger partial charge in [0.15, 0.2) is 0 Å². The van der Waals surface area contributed by atoms with Crippen molar-refractivity contribution in [3.63, 3.8) is 0 Å². The number of pyridine rings is 4. The lowest BCUT2D eigenvalue weighted by Crippen LogP contribution is -2.19. The second-order valence-corrected chi connectivity index (χ2v) is 27.1. The van der Waals surface area contributed by atoms with E-state index in [1.165, 1.54) is 49.2 Å². The van der Waals surface area contributed by atoms with E-state index in [-0.39, 0.29) is 11.1 Å². The molecule has 8 heterocycles. The first kappa shape index (κ1) is 60.3. The van der Waals surface area contributed by atoms with E-state index in [1.807, 2.05) is 127 Å². The minimum Gasteiger partial charge on any atom is -0.309 e. The molecule has 496 valence electrons. The molecule has 0 unspecified atom stereocenters. The third-order valence-electron chi connectivity index (χ3n) is 21.3. The highest BCUT2D eigenvalue weighted by Crippen LogP contribution is 2.42. The minimum absolute atomic E-state index is 0.0546. The van der Waals surface area contributed by atoms with Gasteiger partial charge in [0.05, 0.1) is 71.6 Å². The summed E-state index contributed by atoms with van der Waals surface area (Å²) in [6.07, 6.45) is 0. The molecule has 0 aliphatic carbocycles. The molecular weight excluding hydrogens is 1300 g/mol. The number of fused-ring (bicyclic) bond motifs is 18. The monoisotopic (exact) mass is 1360 g/mol. The lowest BCUT2D eigenvalue weighted by molar-refractivity contribution is 1.04. The molecule has 0 aliphatic heterocycles. The zero-order valence-corrected chi connectivity index (χ0v) is 57.0. The van der Waals surface area contributed by atoms with Gasteiger partial charge in [-0.15, -0.1) is 0 Å². The van der Waals surface area contributed by atoms with Gasteiger partial charge in [0.25, 0.3) is 11.1 Å². The predicted molar refractivity (Wildman–Crippen MR) is 438 cm³/mol. The number of hydrogen-bond acceptors (Lipinski definition) is 4. The summed E-state index contributed by atoms with van der Waals surface area (Å²) in [7, 11) is 0. The number of hydrogen-bond donors (Lipinski definition) is 0. The van der Waals surface area contributed by atoms with Gasteiger partial charge in [-0.25, -0.2) is 9.97 Å². The van der Waals surface area contributed by atoms with Crippen molar-refractivity contribution in [1.82, 2.24) is 37.4 Å². The number of aromatic nitrogens is 8. The van der Waals surface area contributed by atoms with Crippen molar-refractivity contribution in [2.45, 2.75) is 0 Å². The van der Waals surface area contributed by atoms with Crippen molar-refractivity contribution in [2.75, 3.05) is 0 Å². The third-order valence-corrected chi connectivity index (χ3v) is 21.3. The Kier molecular flexibility index (Phi) is 13.7. The summed E-state index contributed by atoms with van der Waals surface area (Å²) in [6.45, 7) is 0. The van der Waals surface area contributed by atoms with Crippen molar-refractivity contribution in [2.24, 2.45) is 0 Å². The predicted octanol–water partition coefficient (Wildman–Crippen LogP) is 22.8. The number of para-hydroxylation sites is 9. The number of nitrogens with zero attached hydrogens (tertiary/aromatic N) is 8. The summed E-state index contributed by atoms with van der Waals surface area (Å²) < 4.78 is 12.7. The molecule has 22 aromatic rings. The molecule has 0 saturated heterocycles. The van der Waals surface area contributed by atoms with E-state index in [9.17, 15) is 9.59 Å². The van der Waals surface area contributed by atoms with E-state index in [4.69, 9.17) is 9.97 Å². The maximum absolute atomic E-state index is 14.1. The van der Waals surface area contributed by atoms with Crippen LogP contribution in [0.15, 0.2) is 374 Å². The topological polar surface area (TPSA) is 89.5 Å². The second-order valence-electron chi connectivity index (χ2n) is 27.1. The Hall–Kier alpha value is -14.5. The Balaban J connectivity index is 0.000000136. The van der Waals surface area contributed by atoms with Gasteiger partial charge in [-0.3, -0.25) is 27.9 Å². The van der Waals surface area contributed by atoms with E-state index in [0.29, 0.717) is 16.3 Å². The maximum atomic E-state index is 14.1. The first-order valence-corrected chi connectivity index (χ1v) is 35.7. The van der Waals surface area contributed by atoms with Crippen LogP contribution in [0.3, 0.4) is 0 Å². The average Bonchev–Trinajstić information content (AvgIpc) is 1.39. The van der Waals surface area contributed by atoms with E-state index in [2.05, 4.69) is 255 Å². The van der Waals surface area contributed by atoms with Crippen molar-refractivity contribution >= 4 is 131 Å². The molecule has 0 radical (unpaired) electrons. The molecular formula is C96H60N8O2. The molecule has 0 saturated carbocycles. The Labute approximate surface area is 605 Å². The van der Waals surface area contributed by atoms with Crippen LogP contribution in [0.2, 0.25) is 0 Å². The molecule has 0 N–H and O–H groups in total. The maximum Gasteiger partial charge on any atom is 0.265 e. The van der Waals surface area contributed by atoms with Crippen LogP contribution in [-0.4, -0.2) is 37.4 Å². The summed E-state index contributed by atoms with van der Waals surface area (Å²) in [6, 6.07) is 126. The lowest BCUT2D eigenvalue weighted by atomic mass is 10.0. The SMILES string of the molecule is O=c1c2ccc(-n3c4ccccc4c4cc(-c5ccc6c(c5)c5ccccc5n6-c5ccccc5)ccc43)nc2c2ccccc2n1-c1ccccc1.O=c1c2ccccc2c2nc(-n3c4ccccc4c4cc(-c5ccc6c(c5)c5ccccc5n6-c5ccccc5)ccc43)ccc2n1-c1ccccc1. The summed E-state index contributed by atoms with van der Waals surface area (Å²) in [5.41, 5.74) is 20.6. The largest absolute Gasteiger partial charge is 0.309 e. The molecule has 14 aromatic carbocycles. The van der Waals surface area contributed by atoms with E-state index < -0.39 is 0 Å². The molecule has 10 heteroatoms. The highest BCUT2D eigenvalue weighted by Gasteiger charge is 2.23. The normalized spacial score (nSPS) is 11.8. The summed E-state index contributed by atoms with van der Waals surface area (Å²) in [5, 5.41) is 12.5. The zero-order valence-electron chi connectivity index (χ0n) is 57.0. The van der Waals surface area contributed by atoms with Gasteiger partial charge >= 0.3 is 0 Å². The fraction of sp³-hybridized carbons (Fsp3) is 0. The second kappa shape index (κ2) is 24.1. The summed E-state index contributed by atoms with van der Waals surface area (Å²) in [4.78, 5) is 38.6. The quantitative estimate of drug-likeness (QED) is 0.142. The van der Waals surface area contributed by atoms with Gasteiger partial charge < -0.3 is 9.13 Å². The first-order valence-electron chi connectivity index (χ1n) is 35.7. The highest BCUT2D eigenvalue weighted by molar-refractivity contribution is 6.16. The van der Waals surface area contributed by atoms with Gasteiger partial charge in [-0.1, -0.05) is 206 Å². The molecule has 8 aromatic heterocycles. The van der Waals surface area contributed by atoms with Crippen molar-refractivity contribution in [1.29, 1.82) is 0 Å². The van der Waals surface area contributed by atoms with Crippen LogP contribution in [-0.2, 0) is 0 Å². The minimum atomic E-state index is -0.0836. The fourth-order valence-corrected chi connectivity index (χ4v) is 16.6. The number of rotatable bonds is 8. The third kappa shape index (κ3) is 9.38. The van der Waals surface area contributed by atoms with Crippen LogP contribution in [0.5, 0.6) is 0 Å². The van der Waals surface area contributed by atoms with Crippen LogP contribution in [0, 0.1) is 0 Å². The molecule has 0 aliphatic rings. The van der Waals surface area contributed by atoms with Crippen LogP contribution in [0.1, 0.15) is 0 Å². The van der Waals surface area contributed by atoms with Gasteiger partial charge in [0, 0.05) is 82.0 Å². The smallest absolute Gasteiger partial charge is 0.265 e. The lowest BCUT2D eigenvalue weighted by Gasteiger charge is -2.15. The van der Waals surface area contributed by atoms with Crippen LogP contribution < -0.4 is 11.1 Å².